The molecule has 1 saturated heterocycles. The lowest BCUT2D eigenvalue weighted by atomic mass is 10.2. The van der Waals surface area contributed by atoms with Crippen LogP contribution in [0.15, 0.2) is 53.4 Å². The summed E-state index contributed by atoms with van der Waals surface area (Å²) in [6, 6.07) is 14.7. The molecule has 0 bridgehead atoms. The highest BCUT2D eigenvalue weighted by atomic mass is 32.2. The molecule has 0 unspecified atom stereocenters. The molecule has 30 heavy (non-hydrogen) atoms. The lowest BCUT2D eigenvalue weighted by molar-refractivity contribution is -0.122. The number of ether oxygens (including phenoxy) is 2. The third-order valence-electron chi connectivity index (χ3n) is 4.42. The summed E-state index contributed by atoms with van der Waals surface area (Å²) in [5.41, 5.74) is 1.57. The minimum absolute atomic E-state index is 0.0903. The Morgan fingerprint density at radius 1 is 1.13 bits per heavy atom. The fraction of sp³-hybridized carbons (Fsp3) is 0.227. The number of amides is 2. The van der Waals surface area contributed by atoms with Crippen LogP contribution in [-0.4, -0.2) is 41.8 Å². The number of methoxy groups -OCH3 is 2. The van der Waals surface area contributed by atoms with Crippen LogP contribution in [0, 0.1) is 0 Å². The summed E-state index contributed by atoms with van der Waals surface area (Å²) < 4.78 is 11.0. The average molecular weight is 443 g/mol. The molecule has 0 atom stereocenters. The Bertz CT molecular complexity index is 976. The fourth-order valence-electron chi connectivity index (χ4n) is 2.93. The molecule has 3 rings (SSSR count). The predicted molar refractivity (Wildman–Crippen MR) is 124 cm³/mol. The summed E-state index contributed by atoms with van der Waals surface area (Å²) >= 11 is 6.62. The quantitative estimate of drug-likeness (QED) is 0.485. The fourth-order valence-corrected chi connectivity index (χ4v) is 4.24. The van der Waals surface area contributed by atoms with E-state index < -0.39 is 0 Å². The van der Waals surface area contributed by atoms with Gasteiger partial charge in [0.15, 0.2) is 11.5 Å². The van der Waals surface area contributed by atoms with Crippen molar-refractivity contribution in [2.24, 2.45) is 0 Å². The van der Waals surface area contributed by atoms with Crippen LogP contribution in [0.2, 0.25) is 0 Å². The molecule has 0 radical (unpaired) electrons. The Balaban J connectivity index is 1.58. The highest BCUT2D eigenvalue weighted by molar-refractivity contribution is 8.26. The molecule has 156 valence electrons. The molecule has 2 aromatic rings. The monoisotopic (exact) mass is 442 g/mol. The number of benzene rings is 2. The van der Waals surface area contributed by atoms with Gasteiger partial charge in [-0.2, -0.15) is 0 Å². The van der Waals surface area contributed by atoms with Crippen molar-refractivity contribution in [1.82, 2.24) is 4.90 Å². The van der Waals surface area contributed by atoms with Gasteiger partial charge in [-0.3, -0.25) is 14.5 Å². The second kappa shape index (κ2) is 10.3. The average Bonchev–Trinajstić information content (AvgIpc) is 3.01. The molecule has 0 saturated carbocycles. The first kappa shape index (κ1) is 21.9. The Labute approximate surface area is 185 Å². The molecule has 8 heteroatoms. The van der Waals surface area contributed by atoms with E-state index in [2.05, 4.69) is 5.32 Å². The number of nitrogens with one attached hydrogen (secondary N) is 1. The SMILES string of the molecule is COc1ccc(C=C2SC(=S)N(CCCC(=O)Nc3ccccc3)C2=O)cc1OC. The standard InChI is InChI=1S/C22H22N2O4S2/c1-27-17-11-10-15(13-18(17)28-2)14-19-21(26)24(22(29)30-19)12-6-9-20(25)23-16-7-4-3-5-8-16/h3-5,7-8,10-11,13-14H,6,9,12H2,1-2H3,(H,23,25). The minimum Gasteiger partial charge on any atom is -0.493 e. The van der Waals surface area contributed by atoms with Crippen molar-refractivity contribution in [3.05, 3.63) is 59.0 Å². The zero-order chi connectivity index (χ0) is 21.5. The summed E-state index contributed by atoms with van der Waals surface area (Å²) in [4.78, 5) is 26.9. The number of thioether (sulfide) groups is 1. The lowest BCUT2D eigenvalue weighted by Crippen LogP contribution is -2.29. The Hall–Kier alpha value is -2.84. The van der Waals surface area contributed by atoms with Gasteiger partial charge in [0.05, 0.1) is 19.1 Å². The number of para-hydroxylation sites is 1. The van der Waals surface area contributed by atoms with E-state index in [0.29, 0.717) is 40.1 Å². The second-order valence-corrected chi connectivity index (χ2v) is 8.14. The van der Waals surface area contributed by atoms with Crippen molar-refractivity contribution < 1.29 is 19.1 Å². The van der Waals surface area contributed by atoms with Gasteiger partial charge in [0.1, 0.15) is 4.32 Å². The largest absolute Gasteiger partial charge is 0.493 e. The van der Waals surface area contributed by atoms with Crippen LogP contribution in [0.25, 0.3) is 6.08 Å². The van der Waals surface area contributed by atoms with Gasteiger partial charge < -0.3 is 14.8 Å². The van der Waals surface area contributed by atoms with Gasteiger partial charge in [0.25, 0.3) is 5.91 Å². The van der Waals surface area contributed by atoms with Crippen LogP contribution in [0.5, 0.6) is 11.5 Å². The van der Waals surface area contributed by atoms with Gasteiger partial charge in [-0.15, -0.1) is 0 Å². The third-order valence-corrected chi connectivity index (χ3v) is 5.80. The number of anilines is 1. The Kier molecular flexibility index (Phi) is 7.48. The van der Waals surface area contributed by atoms with Crippen LogP contribution in [-0.2, 0) is 9.59 Å². The third kappa shape index (κ3) is 5.40. The molecule has 1 fully saturated rings. The lowest BCUT2D eigenvalue weighted by Gasteiger charge is -2.14. The van der Waals surface area contributed by atoms with Crippen molar-refractivity contribution in [3.63, 3.8) is 0 Å². The molecule has 1 aliphatic heterocycles. The van der Waals surface area contributed by atoms with Gasteiger partial charge in [0, 0.05) is 18.7 Å². The van der Waals surface area contributed by atoms with Gasteiger partial charge in [0.2, 0.25) is 5.91 Å². The van der Waals surface area contributed by atoms with Crippen LogP contribution in [0.4, 0.5) is 5.69 Å². The van der Waals surface area contributed by atoms with Crippen molar-refractivity contribution in [1.29, 1.82) is 0 Å². The van der Waals surface area contributed by atoms with Crippen molar-refractivity contribution in [3.8, 4) is 11.5 Å². The summed E-state index contributed by atoms with van der Waals surface area (Å²) in [6.45, 7) is 0.399. The van der Waals surface area contributed by atoms with Crippen molar-refractivity contribution >= 4 is 51.9 Å². The first-order chi connectivity index (χ1) is 14.5. The summed E-state index contributed by atoms with van der Waals surface area (Å²) in [6.07, 6.45) is 2.61. The number of carbonyl (C=O) groups excluding carboxylic acids is 2. The molecule has 0 spiro atoms. The highest BCUT2D eigenvalue weighted by Gasteiger charge is 2.31. The normalized spacial score (nSPS) is 14.9. The molecule has 1 N–H and O–H groups in total. The van der Waals surface area contributed by atoms with E-state index in [1.807, 2.05) is 36.4 Å². The van der Waals surface area contributed by atoms with E-state index in [4.69, 9.17) is 21.7 Å². The zero-order valence-electron chi connectivity index (χ0n) is 16.7. The summed E-state index contributed by atoms with van der Waals surface area (Å²) in [5, 5.41) is 2.84. The van der Waals surface area contributed by atoms with Crippen molar-refractivity contribution in [2.45, 2.75) is 12.8 Å². The minimum atomic E-state index is -0.150. The maximum Gasteiger partial charge on any atom is 0.266 e. The molecule has 1 heterocycles. The van der Waals surface area contributed by atoms with Gasteiger partial charge in [-0.05, 0) is 42.3 Å². The first-order valence-electron chi connectivity index (χ1n) is 9.34. The topological polar surface area (TPSA) is 67.9 Å². The smallest absolute Gasteiger partial charge is 0.266 e. The van der Waals surface area contributed by atoms with Gasteiger partial charge in [-0.1, -0.05) is 48.2 Å². The van der Waals surface area contributed by atoms with Crippen LogP contribution < -0.4 is 14.8 Å². The molecular formula is C22H22N2O4S2. The maximum absolute atomic E-state index is 12.8. The Morgan fingerprint density at radius 3 is 2.57 bits per heavy atom. The van der Waals surface area contributed by atoms with Crippen LogP contribution >= 0.6 is 24.0 Å². The van der Waals surface area contributed by atoms with E-state index in [-0.39, 0.29) is 11.8 Å². The van der Waals surface area contributed by atoms with E-state index in [9.17, 15) is 9.59 Å². The van der Waals surface area contributed by atoms with Gasteiger partial charge >= 0.3 is 0 Å². The Morgan fingerprint density at radius 2 is 1.87 bits per heavy atom. The number of thiocarbonyl (C=S) groups is 1. The molecule has 0 aliphatic carbocycles. The van der Waals surface area contributed by atoms with E-state index in [0.717, 1.165) is 11.3 Å². The highest BCUT2D eigenvalue weighted by Crippen LogP contribution is 2.34. The summed E-state index contributed by atoms with van der Waals surface area (Å²) in [7, 11) is 3.14. The number of hydrogen-bond acceptors (Lipinski definition) is 6. The number of rotatable bonds is 8. The molecular weight excluding hydrogens is 420 g/mol. The molecule has 2 amide bonds. The molecule has 6 nitrogen and oxygen atoms in total. The molecule has 1 aliphatic rings. The van der Waals surface area contributed by atoms with E-state index in [1.54, 1.807) is 37.3 Å². The van der Waals surface area contributed by atoms with Crippen molar-refractivity contribution in [2.75, 3.05) is 26.1 Å². The second-order valence-electron chi connectivity index (χ2n) is 6.47. The van der Waals surface area contributed by atoms with Crippen LogP contribution in [0.1, 0.15) is 18.4 Å². The van der Waals surface area contributed by atoms with Crippen LogP contribution in [0.3, 0.4) is 0 Å². The maximum atomic E-state index is 12.8. The van der Waals surface area contributed by atoms with Gasteiger partial charge in [-0.25, -0.2) is 0 Å². The number of nitrogens with zero attached hydrogens (tertiary/aromatic N) is 1. The number of hydrogen-bond donors (Lipinski definition) is 1. The summed E-state index contributed by atoms with van der Waals surface area (Å²) in [5.74, 6) is 0.970. The first-order valence-corrected chi connectivity index (χ1v) is 10.6. The van der Waals surface area contributed by atoms with E-state index in [1.165, 1.54) is 11.8 Å². The zero-order valence-corrected chi connectivity index (χ0v) is 18.3. The molecule has 0 aromatic heterocycles. The predicted octanol–water partition coefficient (Wildman–Crippen LogP) is 4.32. The van der Waals surface area contributed by atoms with E-state index >= 15 is 0 Å². The molecule has 2 aromatic carbocycles. The number of carbonyl (C=O) groups is 2.